The standard InChI is InChI=1S/C14H9Cl3N2O3/c15-9-4-2-1-3-8(9)13(21)19-14(22)18-7-5-10(16)12(20)11(17)6-7/h1-6,20H,(H2,18,19,21,22). The lowest BCUT2D eigenvalue weighted by Crippen LogP contribution is -2.34. The number of rotatable bonds is 2. The highest BCUT2D eigenvalue weighted by Crippen LogP contribution is 2.34. The molecule has 0 aliphatic rings. The molecule has 0 unspecified atom stereocenters. The second-order valence-electron chi connectivity index (χ2n) is 4.18. The smallest absolute Gasteiger partial charge is 0.326 e. The van der Waals surface area contributed by atoms with Crippen molar-refractivity contribution in [1.29, 1.82) is 0 Å². The summed E-state index contributed by atoms with van der Waals surface area (Å²) in [5.74, 6) is -0.944. The van der Waals surface area contributed by atoms with Crippen LogP contribution in [0.4, 0.5) is 10.5 Å². The van der Waals surface area contributed by atoms with Crippen molar-refractivity contribution in [3.63, 3.8) is 0 Å². The third-order valence-electron chi connectivity index (χ3n) is 2.62. The predicted octanol–water partition coefficient (Wildman–Crippen LogP) is 4.31. The molecule has 0 aliphatic carbocycles. The van der Waals surface area contributed by atoms with Crippen LogP contribution >= 0.6 is 34.8 Å². The fraction of sp³-hybridized carbons (Fsp3) is 0. The molecule has 0 saturated carbocycles. The van der Waals surface area contributed by atoms with Gasteiger partial charge in [-0.25, -0.2) is 4.79 Å². The van der Waals surface area contributed by atoms with Gasteiger partial charge in [-0.3, -0.25) is 10.1 Å². The van der Waals surface area contributed by atoms with Gasteiger partial charge in [0, 0.05) is 5.69 Å². The van der Waals surface area contributed by atoms with E-state index >= 15 is 0 Å². The average Bonchev–Trinajstić information content (AvgIpc) is 2.44. The number of carbonyl (C=O) groups excluding carboxylic acids is 2. The van der Waals surface area contributed by atoms with Crippen molar-refractivity contribution in [2.75, 3.05) is 5.32 Å². The molecule has 0 fully saturated rings. The summed E-state index contributed by atoms with van der Waals surface area (Å²) < 4.78 is 0. The predicted molar refractivity (Wildman–Crippen MR) is 86.1 cm³/mol. The van der Waals surface area contributed by atoms with Gasteiger partial charge in [0.05, 0.1) is 20.6 Å². The summed E-state index contributed by atoms with van der Waals surface area (Å²) in [4.78, 5) is 23.7. The molecule has 3 amide bonds. The van der Waals surface area contributed by atoms with Gasteiger partial charge in [-0.2, -0.15) is 0 Å². The number of nitrogens with one attached hydrogen (secondary N) is 2. The molecule has 0 radical (unpaired) electrons. The van der Waals surface area contributed by atoms with Crippen molar-refractivity contribution in [3.05, 3.63) is 57.0 Å². The molecule has 2 aromatic rings. The number of phenols is 1. The Kier molecular flexibility index (Phi) is 5.13. The van der Waals surface area contributed by atoms with E-state index < -0.39 is 11.9 Å². The molecule has 22 heavy (non-hydrogen) atoms. The Morgan fingerprint density at radius 3 is 2.14 bits per heavy atom. The van der Waals surface area contributed by atoms with Crippen molar-refractivity contribution in [2.24, 2.45) is 0 Å². The van der Waals surface area contributed by atoms with Crippen molar-refractivity contribution in [3.8, 4) is 5.75 Å². The van der Waals surface area contributed by atoms with Crippen molar-refractivity contribution < 1.29 is 14.7 Å². The normalized spacial score (nSPS) is 10.1. The molecule has 0 spiro atoms. The van der Waals surface area contributed by atoms with Gasteiger partial charge in [-0.15, -0.1) is 0 Å². The molecule has 0 saturated heterocycles. The fourth-order valence-electron chi connectivity index (χ4n) is 1.62. The summed E-state index contributed by atoms with van der Waals surface area (Å²) >= 11 is 17.3. The molecule has 3 N–H and O–H groups in total. The molecular weight excluding hydrogens is 351 g/mol. The highest BCUT2D eigenvalue weighted by molar-refractivity contribution is 6.37. The number of amides is 3. The van der Waals surface area contributed by atoms with Crippen LogP contribution in [0.3, 0.4) is 0 Å². The minimum Gasteiger partial charge on any atom is -0.505 e. The van der Waals surface area contributed by atoms with E-state index in [-0.39, 0.29) is 32.1 Å². The maximum atomic E-state index is 11.9. The summed E-state index contributed by atoms with van der Waals surface area (Å²) in [6.45, 7) is 0. The van der Waals surface area contributed by atoms with Crippen LogP contribution in [0.2, 0.25) is 15.1 Å². The van der Waals surface area contributed by atoms with Crippen LogP contribution in [0.5, 0.6) is 5.75 Å². The third kappa shape index (κ3) is 3.82. The lowest BCUT2D eigenvalue weighted by atomic mass is 10.2. The van der Waals surface area contributed by atoms with Crippen LogP contribution in [0.25, 0.3) is 0 Å². The molecule has 0 atom stereocenters. The van der Waals surface area contributed by atoms with Crippen LogP contribution in [-0.4, -0.2) is 17.0 Å². The molecule has 0 aromatic heterocycles. The topological polar surface area (TPSA) is 78.4 Å². The van der Waals surface area contributed by atoms with Crippen LogP contribution in [-0.2, 0) is 0 Å². The quantitative estimate of drug-likeness (QED) is 0.699. The summed E-state index contributed by atoms with van der Waals surface area (Å²) in [5, 5.41) is 14.1. The zero-order valence-corrected chi connectivity index (χ0v) is 13.1. The molecule has 8 heteroatoms. The zero-order valence-electron chi connectivity index (χ0n) is 10.9. The van der Waals surface area contributed by atoms with Crippen molar-refractivity contribution in [2.45, 2.75) is 0 Å². The highest BCUT2D eigenvalue weighted by Gasteiger charge is 2.14. The Hall–Kier alpha value is -1.95. The zero-order chi connectivity index (χ0) is 16.3. The number of imide groups is 1. The SMILES string of the molecule is O=C(NC(=O)c1ccccc1Cl)Nc1cc(Cl)c(O)c(Cl)c1. The van der Waals surface area contributed by atoms with Crippen LogP contribution in [0.1, 0.15) is 10.4 Å². The molecule has 114 valence electrons. The van der Waals surface area contributed by atoms with Gasteiger partial charge in [0.15, 0.2) is 5.75 Å². The van der Waals surface area contributed by atoms with E-state index in [0.29, 0.717) is 0 Å². The number of aromatic hydroxyl groups is 1. The van der Waals surface area contributed by atoms with E-state index in [4.69, 9.17) is 34.8 Å². The number of benzene rings is 2. The van der Waals surface area contributed by atoms with Crippen LogP contribution in [0, 0.1) is 0 Å². The van der Waals surface area contributed by atoms with Crippen molar-refractivity contribution >= 4 is 52.4 Å². The Balaban J connectivity index is 2.08. The monoisotopic (exact) mass is 358 g/mol. The second-order valence-corrected chi connectivity index (χ2v) is 5.40. The molecule has 2 aromatic carbocycles. The van der Waals surface area contributed by atoms with Crippen LogP contribution in [0.15, 0.2) is 36.4 Å². The van der Waals surface area contributed by atoms with Gasteiger partial charge < -0.3 is 10.4 Å². The molecule has 0 heterocycles. The van der Waals surface area contributed by atoms with Gasteiger partial charge in [0.2, 0.25) is 0 Å². The number of carbonyl (C=O) groups is 2. The summed E-state index contributed by atoms with van der Waals surface area (Å²) in [7, 11) is 0. The van der Waals surface area contributed by atoms with E-state index in [1.165, 1.54) is 24.3 Å². The second kappa shape index (κ2) is 6.87. The maximum absolute atomic E-state index is 11.9. The summed E-state index contributed by atoms with van der Waals surface area (Å²) in [6.07, 6.45) is 0. The highest BCUT2D eigenvalue weighted by atomic mass is 35.5. The number of phenolic OH excluding ortho intramolecular Hbond substituents is 1. The van der Waals surface area contributed by atoms with Gasteiger partial charge in [0.25, 0.3) is 5.91 Å². The first-order chi connectivity index (χ1) is 10.4. The number of halogens is 3. The summed E-state index contributed by atoms with van der Waals surface area (Å²) in [6, 6.07) is 8.11. The van der Waals surface area contributed by atoms with Gasteiger partial charge in [-0.05, 0) is 24.3 Å². The number of hydrogen-bond acceptors (Lipinski definition) is 3. The Morgan fingerprint density at radius 1 is 0.955 bits per heavy atom. The van der Waals surface area contributed by atoms with Crippen molar-refractivity contribution in [1.82, 2.24) is 5.32 Å². The first-order valence-electron chi connectivity index (χ1n) is 5.93. The van der Waals surface area contributed by atoms with E-state index in [2.05, 4.69) is 10.6 Å². The molecular formula is C14H9Cl3N2O3. The lowest BCUT2D eigenvalue weighted by Gasteiger charge is -2.09. The molecule has 2 rings (SSSR count). The number of urea groups is 1. The van der Waals surface area contributed by atoms with E-state index in [1.807, 2.05) is 0 Å². The van der Waals surface area contributed by atoms with E-state index in [0.717, 1.165) is 0 Å². The average molecular weight is 360 g/mol. The largest absolute Gasteiger partial charge is 0.505 e. The molecule has 0 bridgehead atoms. The van der Waals surface area contributed by atoms with E-state index in [1.54, 1.807) is 12.1 Å². The third-order valence-corrected chi connectivity index (χ3v) is 3.53. The first-order valence-corrected chi connectivity index (χ1v) is 7.06. The lowest BCUT2D eigenvalue weighted by molar-refractivity contribution is 0.0967. The van der Waals surface area contributed by atoms with Crippen LogP contribution < -0.4 is 10.6 Å². The molecule has 5 nitrogen and oxygen atoms in total. The minimum absolute atomic E-state index is 0.0276. The fourth-order valence-corrected chi connectivity index (χ4v) is 2.32. The molecule has 0 aliphatic heterocycles. The maximum Gasteiger partial charge on any atom is 0.326 e. The van der Waals surface area contributed by atoms with Gasteiger partial charge >= 0.3 is 6.03 Å². The number of anilines is 1. The Morgan fingerprint density at radius 2 is 1.55 bits per heavy atom. The van der Waals surface area contributed by atoms with Gasteiger partial charge in [0.1, 0.15) is 0 Å². The van der Waals surface area contributed by atoms with E-state index in [9.17, 15) is 14.7 Å². The first kappa shape index (κ1) is 16.4. The van der Waals surface area contributed by atoms with Gasteiger partial charge in [-0.1, -0.05) is 46.9 Å². The number of hydrogen-bond donors (Lipinski definition) is 3. The summed E-state index contributed by atoms with van der Waals surface area (Å²) in [5.41, 5.74) is 0.387. The Bertz CT molecular complexity index is 727. The Labute approximate surface area is 140 Å². The minimum atomic E-state index is -0.789.